The van der Waals surface area contributed by atoms with Gasteiger partial charge < -0.3 is 20.3 Å². The number of aromatic nitrogens is 3. The van der Waals surface area contributed by atoms with Gasteiger partial charge >= 0.3 is 0 Å². The van der Waals surface area contributed by atoms with Gasteiger partial charge in [0.15, 0.2) is 0 Å². The maximum absolute atomic E-state index is 13.0. The zero-order valence-electron chi connectivity index (χ0n) is 21.5. The molecular formula is C30H27ClN6O3. The number of para-hydroxylation sites is 1. The van der Waals surface area contributed by atoms with Crippen LogP contribution in [0, 0.1) is 0 Å². The third-order valence-corrected chi connectivity index (χ3v) is 6.58. The van der Waals surface area contributed by atoms with Crippen molar-refractivity contribution in [1.29, 1.82) is 0 Å². The van der Waals surface area contributed by atoms with Gasteiger partial charge in [-0.3, -0.25) is 19.1 Å². The Hall–Kier alpha value is -4.73. The van der Waals surface area contributed by atoms with Gasteiger partial charge in [0.05, 0.1) is 11.7 Å². The van der Waals surface area contributed by atoms with Crippen molar-refractivity contribution in [2.45, 2.75) is 0 Å². The molecule has 0 unspecified atom stereocenters. The van der Waals surface area contributed by atoms with Crippen molar-refractivity contribution in [2.75, 3.05) is 36.4 Å². The van der Waals surface area contributed by atoms with Gasteiger partial charge in [0.1, 0.15) is 22.9 Å². The number of amides is 1. The number of pyridine rings is 3. The first kappa shape index (κ1) is 26.9. The van der Waals surface area contributed by atoms with Crippen LogP contribution in [0.2, 0.25) is 0 Å². The van der Waals surface area contributed by atoms with Crippen LogP contribution in [-0.4, -0.2) is 46.6 Å². The van der Waals surface area contributed by atoms with E-state index in [0.717, 1.165) is 42.9 Å². The van der Waals surface area contributed by atoms with E-state index in [-0.39, 0.29) is 23.5 Å². The Labute approximate surface area is 236 Å². The molecule has 1 fully saturated rings. The van der Waals surface area contributed by atoms with Gasteiger partial charge in [-0.05, 0) is 60.7 Å². The van der Waals surface area contributed by atoms with Crippen LogP contribution in [0.25, 0.3) is 16.6 Å². The predicted molar refractivity (Wildman–Crippen MR) is 158 cm³/mol. The number of benzene rings is 2. The Kier molecular flexibility index (Phi) is 8.04. The van der Waals surface area contributed by atoms with E-state index in [9.17, 15) is 9.59 Å². The number of halogens is 1. The van der Waals surface area contributed by atoms with Crippen LogP contribution in [0.1, 0.15) is 10.4 Å². The minimum atomic E-state index is -0.480. The molecule has 3 aromatic heterocycles. The van der Waals surface area contributed by atoms with Crippen molar-refractivity contribution in [3.8, 4) is 17.2 Å². The molecule has 6 rings (SSSR count). The molecule has 0 atom stereocenters. The highest BCUT2D eigenvalue weighted by molar-refractivity contribution is 6.04. The second-order valence-electron chi connectivity index (χ2n) is 9.12. The molecule has 4 heterocycles. The van der Waals surface area contributed by atoms with Gasteiger partial charge in [0, 0.05) is 55.3 Å². The number of piperazine rings is 1. The van der Waals surface area contributed by atoms with Crippen LogP contribution in [0.15, 0.2) is 102 Å². The number of ether oxygens (including phenoxy) is 1. The first-order valence-corrected chi connectivity index (χ1v) is 12.7. The van der Waals surface area contributed by atoms with Crippen molar-refractivity contribution < 1.29 is 9.53 Å². The maximum Gasteiger partial charge on any atom is 0.267 e. The fraction of sp³-hybridized carbons (Fsp3) is 0.133. The largest absolute Gasteiger partial charge is 0.457 e. The molecule has 0 bridgehead atoms. The summed E-state index contributed by atoms with van der Waals surface area (Å²) in [6, 6.07) is 23.3. The van der Waals surface area contributed by atoms with E-state index < -0.39 is 5.91 Å². The fourth-order valence-electron chi connectivity index (χ4n) is 4.56. The summed E-state index contributed by atoms with van der Waals surface area (Å²) in [7, 11) is 0. The molecule has 0 radical (unpaired) electrons. The summed E-state index contributed by atoms with van der Waals surface area (Å²) in [6.07, 6.45) is 5.11. The second kappa shape index (κ2) is 12.0. The molecule has 5 aromatic rings. The standard InChI is InChI=1S/C30H26N6O3.ClH/c37-29(24-7-4-16-36(30(24)38)22-5-2-1-3-6-22)34-21-8-10-23(11-9-21)39-27-12-13-32-26-20-33-28(19-25(26)27)35-17-14-31-15-18-35;/h1-13,16,19-20,31H,14-15,17-18H2,(H,34,37);1H. The summed E-state index contributed by atoms with van der Waals surface area (Å²) in [5.74, 6) is 1.69. The number of hydrogen-bond acceptors (Lipinski definition) is 7. The Morgan fingerprint density at radius 3 is 2.48 bits per heavy atom. The summed E-state index contributed by atoms with van der Waals surface area (Å²) >= 11 is 0. The normalized spacial score (nSPS) is 12.9. The number of nitrogens with one attached hydrogen (secondary N) is 2. The van der Waals surface area contributed by atoms with Crippen molar-refractivity contribution in [2.24, 2.45) is 0 Å². The quantitative estimate of drug-likeness (QED) is 0.315. The molecule has 40 heavy (non-hydrogen) atoms. The van der Waals surface area contributed by atoms with E-state index in [4.69, 9.17) is 4.74 Å². The summed E-state index contributed by atoms with van der Waals surface area (Å²) in [5, 5.41) is 7.03. The van der Waals surface area contributed by atoms with Crippen molar-refractivity contribution in [1.82, 2.24) is 19.9 Å². The maximum atomic E-state index is 13.0. The van der Waals surface area contributed by atoms with Gasteiger partial charge in [-0.2, -0.15) is 0 Å². The number of carbonyl (C=O) groups excluding carboxylic acids is 1. The molecule has 2 aromatic carbocycles. The third kappa shape index (κ3) is 5.66. The SMILES string of the molecule is Cl.O=C(Nc1ccc(Oc2ccnc3cnc(N4CCNCC4)cc23)cc1)c1cccn(-c2ccccc2)c1=O. The lowest BCUT2D eigenvalue weighted by Gasteiger charge is -2.28. The highest BCUT2D eigenvalue weighted by Crippen LogP contribution is 2.31. The number of rotatable bonds is 6. The lowest BCUT2D eigenvalue weighted by atomic mass is 10.2. The number of hydrogen-bond donors (Lipinski definition) is 2. The summed E-state index contributed by atoms with van der Waals surface area (Å²) < 4.78 is 7.65. The Bertz CT molecular complexity index is 1690. The van der Waals surface area contributed by atoms with Gasteiger partial charge in [-0.15, -0.1) is 12.4 Å². The van der Waals surface area contributed by atoms with Crippen LogP contribution in [0.4, 0.5) is 11.5 Å². The number of anilines is 2. The Morgan fingerprint density at radius 1 is 0.925 bits per heavy atom. The zero-order chi connectivity index (χ0) is 26.6. The molecule has 9 nitrogen and oxygen atoms in total. The molecule has 1 aliphatic heterocycles. The fourth-order valence-corrected chi connectivity index (χ4v) is 4.56. The van der Waals surface area contributed by atoms with E-state index in [1.54, 1.807) is 48.9 Å². The summed E-state index contributed by atoms with van der Waals surface area (Å²) in [6.45, 7) is 3.63. The number of carbonyl (C=O) groups is 1. The van der Waals surface area contributed by atoms with E-state index in [1.807, 2.05) is 42.5 Å². The van der Waals surface area contributed by atoms with Crippen molar-refractivity contribution in [3.05, 3.63) is 113 Å². The Morgan fingerprint density at radius 2 is 1.70 bits per heavy atom. The second-order valence-corrected chi connectivity index (χ2v) is 9.12. The van der Waals surface area contributed by atoms with E-state index in [0.29, 0.717) is 22.9 Å². The minimum Gasteiger partial charge on any atom is -0.457 e. The van der Waals surface area contributed by atoms with Crippen molar-refractivity contribution >= 4 is 40.7 Å². The molecule has 2 N–H and O–H groups in total. The molecule has 1 saturated heterocycles. The van der Waals surface area contributed by atoms with E-state index in [1.165, 1.54) is 10.6 Å². The minimum absolute atomic E-state index is 0. The Balaban J connectivity index is 0.00000323. The summed E-state index contributed by atoms with van der Waals surface area (Å²) in [4.78, 5) is 37.1. The van der Waals surface area contributed by atoms with Gasteiger partial charge in [0.25, 0.3) is 11.5 Å². The first-order chi connectivity index (χ1) is 19.2. The topological polar surface area (TPSA) is 101 Å². The van der Waals surface area contributed by atoms with Crippen LogP contribution in [-0.2, 0) is 0 Å². The highest BCUT2D eigenvalue weighted by atomic mass is 35.5. The molecule has 0 spiro atoms. The molecule has 0 aliphatic carbocycles. The van der Waals surface area contributed by atoms with E-state index >= 15 is 0 Å². The molecule has 0 saturated carbocycles. The molecule has 1 amide bonds. The molecule has 1 aliphatic rings. The van der Waals surface area contributed by atoms with Crippen LogP contribution >= 0.6 is 12.4 Å². The van der Waals surface area contributed by atoms with Crippen molar-refractivity contribution in [3.63, 3.8) is 0 Å². The van der Waals surface area contributed by atoms with Crippen LogP contribution in [0.3, 0.4) is 0 Å². The average molecular weight is 555 g/mol. The predicted octanol–water partition coefficient (Wildman–Crippen LogP) is 4.66. The first-order valence-electron chi connectivity index (χ1n) is 12.7. The van der Waals surface area contributed by atoms with Crippen LogP contribution in [0.5, 0.6) is 11.5 Å². The monoisotopic (exact) mass is 554 g/mol. The van der Waals surface area contributed by atoms with E-state index in [2.05, 4.69) is 25.5 Å². The van der Waals surface area contributed by atoms with Gasteiger partial charge in [-0.1, -0.05) is 18.2 Å². The number of nitrogens with zero attached hydrogens (tertiary/aromatic N) is 4. The smallest absolute Gasteiger partial charge is 0.267 e. The summed E-state index contributed by atoms with van der Waals surface area (Å²) in [5.41, 5.74) is 1.66. The zero-order valence-corrected chi connectivity index (χ0v) is 22.3. The third-order valence-electron chi connectivity index (χ3n) is 6.58. The van der Waals surface area contributed by atoms with Crippen LogP contribution < -0.4 is 25.8 Å². The lowest BCUT2D eigenvalue weighted by molar-refractivity contribution is 0.102. The van der Waals surface area contributed by atoms with Gasteiger partial charge in [0.2, 0.25) is 0 Å². The molecule has 10 heteroatoms. The lowest BCUT2D eigenvalue weighted by Crippen LogP contribution is -2.43. The number of fused-ring (bicyclic) bond motifs is 1. The molecular weight excluding hydrogens is 528 g/mol. The average Bonchev–Trinajstić information content (AvgIpc) is 2.99. The highest BCUT2D eigenvalue weighted by Gasteiger charge is 2.15. The van der Waals surface area contributed by atoms with Gasteiger partial charge in [-0.25, -0.2) is 4.98 Å². The molecule has 202 valence electrons.